The Balaban J connectivity index is 1.56. The van der Waals surface area contributed by atoms with Gasteiger partial charge in [0.2, 0.25) is 5.91 Å². The first kappa shape index (κ1) is 19.9. The fourth-order valence-corrected chi connectivity index (χ4v) is 5.75. The van der Waals surface area contributed by atoms with Gasteiger partial charge in [0, 0.05) is 23.5 Å². The highest BCUT2D eigenvalue weighted by atomic mass is 79.9. The zero-order chi connectivity index (χ0) is 18.5. The van der Waals surface area contributed by atoms with E-state index in [-0.39, 0.29) is 0 Å². The molecule has 26 heavy (non-hydrogen) atoms. The molecular formula is C23H34BrNO. The van der Waals surface area contributed by atoms with E-state index in [2.05, 4.69) is 48.0 Å². The van der Waals surface area contributed by atoms with E-state index in [1.807, 2.05) is 4.90 Å². The summed E-state index contributed by atoms with van der Waals surface area (Å²) in [6, 6.07) is 6.74. The Morgan fingerprint density at radius 2 is 2.00 bits per heavy atom. The van der Waals surface area contributed by atoms with Crippen molar-refractivity contribution in [2.45, 2.75) is 82.9 Å². The summed E-state index contributed by atoms with van der Waals surface area (Å²) in [5.41, 5.74) is 3.91. The minimum atomic E-state index is 0.334. The molecule has 3 rings (SSSR count). The number of hydrogen-bond donors (Lipinski definition) is 0. The summed E-state index contributed by atoms with van der Waals surface area (Å²) in [7, 11) is 0. The van der Waals surface area contributed by atoms with Crippen molar-refractivity contribution in [2.24, 2.45) is 11.8 Å². The number of nitrogens with zero attached hydrogens (tertiary/aromatic N) is 1. The fourth-order valence-electron chi connectivity index (χ4n) is 4.63. The zero-order valence-corrected chi connectivity index (χ0v) is 18.1. The van der Waals surface area contributed by atoms with E-state index in [4.69, 9.17) is 0 Å². The first-order valence-electron chi connectivity index (χ1n) is 10.6. The molecule has 0 aromatic heterocycles. The van der Waals surface area contributed by atoms with Gasteiger partial charge in [0.05, 0.1) is 0 Å². The van der Waals surface area contributed by atoms with Crippen LogP contribution >= 0.6 is 15.9 Å². The fraction of sp³-hybridized carbons (Fsp3) is 0.696. The predicted octanol–water partition coefficient (Wildman–Crippen LogP) is 6.29. The first-order valence-corrected chi connectivity index (χ1v) is 11.5. The number of fused-ring (bicyclic) bond motifs is 1. The SMILES string of the molecule is CC(C)CC(Br)Cc1ccc2c(c1)CCN2C(=O)CCC1CCCCC1. The zero-order valence-electron chi connectivity index (χ0n) is 16.5. The maximum absolute atomic E-state index is 12.8. The summed E-state index contributed by atoms with van der Waals surface area (Å²) in [6.45, 7) is 5.41. The molecule has 0 radical (unpaired) electrons. The molecule has 1 aliphatic carbocycles. The van der Waals surface area contributed by atoms with E-state index in [1.165, 1.54) is 49.7 Å². The number of benzene rings is 1. The van der Waals surface area contributed by atoms with Crippen LogP contribution < -0.4 is 4.90 Å². The normalized spacial score (nSPS) is 19.0. The van der Waals surface area contributed by atoms with Crippen LogP contribution in [0.1, 0.15) is 76.3 Å². The lowest BCUT2D eigenvalue weighted by atomic mass is 9.86. The quantitative estimate of drug-likeness (QED) is 0.475. The standard InChI is InChI=1S/C23H34BrNO/c1-17(2)14-21(24)16-19-8-10-22-20(15-19)12-13-25(22)23(26)11-9-18-6-4-3-5-7-18/h8,10,15,17-18,21H,3-7,9,11-14,16H2,1-2H3. The van der Waals surface area contributed by atoms with Gasteiger partial charge in [-0.3, -0.25) is 4.79 Å². The molecule has 2 aliphatic rings. The molecule has 1 saturated carbocycles. The molecule has 3 heteroatoms. The average Bonchev–Trinajstić information content (AvgIpc) is 3.03. The summed E-state index contributed by atoms with van der Waals surface area (Å²) in [5.74, 6) is 1.83. The van der Waals surface area contributed by atoms with Gasteiger partial charge in [-0.1, -0.05) is 74.0 Å². The second-order valence-corrected chi connectivity index (χ2v) is 10.0. The summed E-state index contributed by atoms with van der Waals surface area (Å²) >= 11 is 3.82. The number of hydrogen-bond acceptors (Lipinski definition) is 1. The smallest absolute Gasteiger partial charge is 0.227 e. The van der Waals surface area contributed by atoms with Crippen molar-refractivity contribution >= 4 is 27.5 Å². The molecule has 0 bridgehead atoms. The second-order valence-electron chi connectivity index (χ2n) is 8.73. The van der Waals surface area contributed by atoms with Gasteiger partial charge >= 0.3 is 0 Å². The number of carbonyl (C=O) groups excluding carboxylic acids is 1. The number of amides is 1. The van der Waals surface area contributed by atoms with Crippen molar-refractivity contribution in [3.63, 3.8) is 0 Å². The highest BCUT2D eigenvalue weighted by Gasteiger charge is 2.25. The summed E-state index contributed by atoms with van der Waals surface area (Å²) in [6.07, 6.45) is 11.9. The van der Waals surface area contributed by atoms with E-state index >= 15 is 0 Å². The van der Waals surface area contributed by atoms with Crippen molar-refractivity contribution in [3.05, 3.63) is 29.3 Å². The summed E-state index contributed by atoms with van der Waals surface area (Å²) in [5, 5.41) is 0. The lowest BCUT2D eigenvalue weighted by Crippen LogP contribution is -2.29. The molecule has 1 fully saturated rings. The van der Waals surface area contributed by atoms with Gasteiger partial charge in [0.25, 0.3) is 0 Å². The second kappa shape index (κ2) is 9.39. The highest BCUT2D eigenvalue weighted by molar-refractivity contribution is 9.09. The van der Waals surface area contributed by atoms with Gasteiger partial charge in [-0.15, -0.1) is 0 Å². The Hall–Kier alpha value is -0.830. The molecule has 144 valence electrons. The van der Waals surface area contributed by atoms with Crippen LogP contribution in [-0.2, 0) is 17.6 Å². The molecule has 0 spiro atoms. The van der Waals surface area contributed by atoms with Gasteiger partial charge in [-0.05, 0) is 54.7 Å². The molecule has 1 heterocycles. The third kappa shape index (κ3) is 5.34. The molecule has 0 saturated heterocycles. The van der Waals surface area contributed by atoms with E-state index in [1.54, 1.807) is 0 Å². The Morgan fingerprint density at radius 1 is 1.23 bits per heavy atom. The Kier molecular flexibility index (Phi) is 7.19. The molecule has 1 amide bonds. The molecular weight excluding hydrogens is 386 g/mol. The van der Waals surface area contributed by atoms with E-state index < -0.39 is 0 Å². The molecule has 1 atom stereocenters. The summed E-state index contributed by atoms with van der Waals surface area (Å²) in [4.78, 5) is 15.3. The van der Waals surface area contributed by atoms with Crippen LogP contribution in [0.15, 0.2) is 18.2 Å². The third-order valence-electron chi connectivity index (χ3n) is 6.02. The molecule has 1 aromatic rings. The van der Waals surface area contributed by atoms with Gasteiger partial charge in [0.15, 0.2) is 0 Å². The number of anilines is 1. The maximum atomic E-state index is 12.8. The van der Waals surface area contributed by atoms with Crippen LogP contribution in [0.2, 0.25) is 0 Å². The number of rotatable bonds is 7. The topological polar surface area (TPSA) is 20.3 Å². The molecule has 0 N–H and O–H groups in total. The van der Waals surface area contributed by atoms with Crippen molar-refractivity contribution in [2.75, 3.05) is 11.4 Å². The van der Waals surface area contributed by atoms with Crippen LogP contribution in [0.3, 0.4) is 0 Å². The Labute approximate surface area is 167 Å². The molecule has 1 unspecified atom stereocenters. The summed E-state index contributed by atoms with van der Waals surface area (Å²) < 4.78 is 0. The lowest BCUT2D eigenvalue weighted by molar-refractivity contribution is -0.118. The number of halogens is 1. The van der Waals surface area contributed by atoms with Gasteiger partial charge in [-0.2, -0.15) is 0 Å². The van der Waals surface area contributed by atoms with E-state index in [0.29, 0.717) is 16.7 Å². The molecule has 2 nitrogen and oxygen atoms in total. The van der Waals surface area contributed by atoms with Crippen molar-refractivity contribution in [3.8, 4) is 0 Å². The Bertz CT molecular complexity index is 606. The highest BCUT2D eigenvalue weighted by Crippen LogP contribution is 2.32. The average molecular weight is 420 g/mol. The molecule has 1 aliphatic heterocycles. The third-order valence-corrected chi connectivity index (χ3v) is 6.71. The van der Waals surface area contributed by atoms with Crippen molar-refractivity contribution in [1.82, 2.24) is 0 Å². The van der Waals surface area contributed by atoms with Crippen LogP contribution in [0.4, 0.5) is 5.69 Å². The van der Waals surface area contributed by atoms with Crippen LogP contribution in [0, 0.1) is 11.8 Å². The minimum absolute atomic E-state index is 0.334. The first-order chi connectivity index (χ1) is 12.5. The monoisotopic (exact) mass is 419 g/mol. The number of alkyl halides is 1. The Morgan fingerprint density at radius 3 is 2.73 bits per heavy atom. The van der Waals surface area contributed by atoms with E-state index in [9.17, 15) is 4.79 Å². The van der Waals surface area contributed by atoms with Gasteiger partial charge < -0.3 is 4.90 Å². The van der Waals surface area contributed by atoms with Crippen molar-refractivity contribution < 1.29 is 4.79 Å². The van der Waals surface area contributed by atoms with E-state index in [0.717, 1.165) is 43.8 Å². The van der Waals surface area contributed by atoms with Crippen LogP contribution in [0.5, 0.6) is 0 Å². The lowest BCUT2D eigenvalue weighted by Gasteiger charge is -2.23. The predicted molar refractivity (Wildman–Crippen MR) is 114 cm³/mol. The number of carbonyl (C=O) groups is 1. The van der Waals surface area contributed by atoms with Crippen molar-refractivity contribution in [1.29, 1.82) is 0 Å². The molecule has 1 aromatic carbocycles. The van der Waals surface area contributed by atoms with Crippen LogP contribution in [0.25, 0.3) is 0 Å². The maximum Gasteiger partial charge on any atom is 0.227 e. The largest absolute Gasteiger partial charge is 0.312 e. The van der Waals surface area contributed by atoms with Crippen LogP contribution in [-0.4, -0.2) is 17.3 Å². The minimum Gasteiger partial charge on any atom is -0.312 e. The van der Waals surface area contributed by atoms with Gasteiger partial charge in [-0.25, -0.2) is 0 Å². The van der Waals surface area contributed by atoms with Gasteiger partial charge in [0.1, 0.15) is 0 Å².